The highest BCUT2D eigenvalue weighted by molar-refractivity contribution is 5.82. The van der Waals surface area contributed by atoms with Gasteiger partial charge in [0.15, 0.2) is 12.6 Å². The van der Waals surface area contributed by atoms with E-state index in [2.05, 4.69) is 20.8 Å². The number of nitrogens with one attached hydrogen (secondary N) is 1. The molecule has 31 heavy (non-hydrogen) atoms. The lowest BCUT2D eigenvalue weighted by atomic mass is 10.1. The second-order valence-corrected chi connectivity index (χ2v) is 7.08. The molecule has 9 heteroatoms. The van der Waals surface area contributed by atoms with Crippen LogP contribution in [0.3, 0.4) is 0 Å². The van der Waals surface area contributed by atoms with Gasteiger partial charge in [-0.25, -0.2) is 9.48 Å². The first-order valence-electron chi connectivity index (χ1n) is 9.81. The predicted octanol–water partition coefficient (Wildman–Crippen LogP) is 2.62. The highest BCUT2D eigenvalue weighted by atomic mass is 16.5. The van der Waals surface area contributed by atoms with Gasteiger partial charge in [0.05, 0.1) is 6.04 Å². The van der Waals surface area contributed by atoms with Crippen molar-refractivity contribution in [3.63, 3.8) is 0 Å². The molecule has 0 aliphatic carbocycles. The van der Waals surface area contributed by atoms with Gasteiger partial charge in [-0.1, -0.05) is 48.5 Å². The molecule has 158 valence electrons. The van der Waals surface area contributed by atoms with Crippen molar-refractivity contribution in [2.45, 2.75) is 25.4 Å². The third-order valence-corrected chi connectivity index (χ3v) is 4.82. The molecule has 0 aliphatic rings. The molecular formula is C22H21N5O4. The molecule has 2 aromatic carbocycles. The van der Waals surface area contributed by atoms with Crippen molar-refractivity contribution in [3.05, 3.63) is 78.3 Å². The number of carbonyl (C=O) groups excluding carboxylic acids is 2. The molecule has 2 atom stereocenters. The third-order valence-electron chi connectivity index (χ3n) is 4.82. The summed E-state index contributed by atoms with van der Waals surface area (Å²) in [6, 6.07) is 17.8. The minimum atomic E-state index is -0.780. The lowest BCUT2D eigenvalue weighted by Gasteiger charge is -2.16. The molecule has 0 bridgehead atoms. The van der Waals surface area contributed by atoms with Gasteiger partial charge < -0.3 is 14.5 Å². The standard InChI is InChI=1S/C22H21N5O4/c1-15(20-12-17-9-5-6-10-19(17)31-20)24-21(28)13-30-22(29)18(27-14-23-25-26-27)11-16-7-3-2-4-8-16/h2-10,12,14-15,18H,11,13H2,1H3,(H,24,28)/t15-,18+/m0/s1. The van der Waals surface area contributed by atoms with Crippen LogP contribution >= 0.6 is 0 Å². The maximum Gasteiger partial charge on any atom is 0.331 e. The van der Waals surface area contributed by atoms with Gasteiger partial charge in [0.2, 0.25) is 0 Å². The monoisotopic (exact) mass is 419 g/mol. The number of aromatic nitrogens is 4. The maximum atomic E-state index is 12.7. The van der Waals surface area contributed by atoms with Gasteiger partial charge in [-0.2, -0.15) is 0 Å². The van der Waals surface area contributed by atoms with Gasteiger partial charge in [-0.3, -0.25) is 4.79 Å². The molecule has 4 aromatic rings. The van der Waals surface area contributed by atoms with Gasteiger partial charge in [0.25, 0.3) is 5.91 Å². The van der Waals surface area contributed by atoms with E-state index in [1.165, 1.54) is 11.0 Å². The lowest BCUT2D eigenvalue weighted by Crippen LogP contribution is -2.33. The second-order valence-electron chi connectivity index (χ2n) is 7.08. The molecule has 4 rings (SSSR count). The van der Waals surface area contributed by atoms with E-state index in [1.807, 2.05) is 60.7 Å². The van der Waals surface area contributed by atoms with Crippen LogP contribution in [0, 0.1) is 0 Å². The number of esters is 1. The van der Waals surface area contributed by atoms with E-state index in [0.29, 0.717) is 12.2 Å². The highest BCUT2D eigenvalue weighted by Crippen LogP contribution is 2.23. The van der Waals surface area contributed by atoms with E-state index >= 15 is 0 Å². The summed E-state index contributed by atoms with van der Waals surface area (Å²) in [4.78, 5) is 25.0. The fourth-order valence-corrected chi connectivity index (χ4v) is 3.24. The maximum absolute atomic E-state index is 12.7. The summed E-state index contributed by atoms with van der Waals surface area (Å²) in [7, 11) is 0. The Morgan fingerprint density at radius 3 is 2.65 bits per heavy atom. The molecule has 2 heterocycles. The molecular weight excluding hydrogens is 398 g/mol. The smallest absolute Gasteiger partial charge is 0.331 e. The van der Waals surface area contributed by atoms with Crippen molar-refractivity contribution in [1.29, 1.82) is 0 Å². The van der Waals surface area contributed by atoms with Crippen LogP contribution in [0.1, 0.15) is 30.3 Å². The van der Waals surface area contributed by atoms with Gasteiger partial charge in [-0.05, 0) is 35.0 Å². The molecule has 0 spiro atoms. The molecule has 1 N–H and O–H groups in total. The van der Waals surface area contributed by atoms with Gasteiger partial charge in [0.1, 0.15) is 17.7 Å². The number of rotatable bonds is 8. The Balaban J connectivity index is 1.36. The third kappa shape index (κ3) is 4.95. The van der Waals surface area contributed by atoms with Crippen molar-refractivity contribution < 1.29 is 18.7 Å². The molecule has 0 fully saturated rings. The van der Waals surface area contributed by atoms with Crippen LogP contribution in [-0.2, 0) is 20.7 Å². The topological polar surface area (TPSA) is 112 Å². The van der Waals surface area contributed by atoms with Gasteiger partial charge in [0, 0.05) is 11.8 Å². The zero-order valence-electron chi connectivity index (χ0n) is 16.8. The van der Waals surface area contributed by atoms with Crippen LogP contribution in [0.25, 0.3) is 11.0 Å². The lowest BCUT2D eigenvalue weighted by molar-refractivity contribution is -0.152. The van der Waals surface area contributed by atoms with Gasteiger partial charge >= 0.3 is 5.97 Å². The number of hydrogen-bond donors (Lipinski definition) is 1. The van der Waals surface area contributed by atoms with E-state index in [0.717, 1.165) is 16.5 Å². The quantitative estimate of drug-likeness (QED) is 0.437. The predicted molar refractivity (Wildman–Crippen MR) is 111 cm³/mol. The van der Waals surface area contributed by atoms with Gasteiger partial charge in [-0.15, -0.1) is 5.10 Å². The van der Waals surface area contributed by atoms with E-state index in [-0.39, 0.29) is 6.04 Å². The summed E-state index contributed by atoms with van der Waals surface area (Å²) in [5.41, 5.74) is 1.66. The molecule has 0 saturated carbocycles. The molecule has 9 nitrogen and oxygen atoms in total. The Hall–Kier alpha value is -4.01. The number of carbonyl (C=O) groups is 2. The number of hydrogen-bond acceptors (Lipinski definition) is 7. The zero-order valence-corrected chi connectivity index (χ0v) is 16.8. The number of nitrogens with zero attached hydrogens (tertiary/aromatic N) is 4. The van der Waals surface area contributed by atoms with Crippen molar-refractivity contribution in [2.24, 2.45) is 0 Å². The Labute approximate surface area is 178 Å². The summed E-state index contributed by atoms with van der Waals surface area (Å²) < 4.78 is 12.3. The Morgan fingerprint density at radius 2 is 1.90 bits per heavy atom. The Bertz CT molecular complexity index is 1120. The zero-order chi connectivity index (χ0) is 21.6. The van der Waals surface area contributed by atoms with Crippen LogP contribution in [-0.4, -0.2) is 38.7 Å². The van der Waals surface area contributed by atoms with E-state index in [4.69, 9.17) is 9.15 Å². The molecule has 2 aromatic heterocycles. The summed E-state index contributed by atoms with van der Waals surface area (Å²) in [5, 5.41) is 14.7. The first-order chi connectivity index (χ1) is 15.1. The molecule has 0 aliphatic heterocycles. The van der Waals surface area contributed by atoms with E-state index in [1.54, 1.807) is 6.92 Å². The van der Waals surface area contributed by atoms with E-state index < -0.39 is 24.5 Å². The Kier molecular flexibility index (Phi) is 6.02. The number of para-hydroxylation sites is 1. The van der Waals surface area contributed by atoms with E-state index in [9.17, 15) is 9.59 Å². The van der Waals surface area contributed by atoms with Crippen LogP contribution in [0.15, 0.2) is 71.4 Å². The number of benzene rings is 2. The fourth-order valence-electron chi connectivity index (χ4n) is 3.24. The first-order valence-corrected chi connectivity index (χ1v) is 9.81. The van der Waals surface area contributed by atoms with Crippen LogP contribution in [0.5, 0.6) is 0 Å². The molecule has 0 unspecified atom stereocenters. The van der Waals surface area contributed by atoms with Crippen molar-refractivity contribution >= 4 is 22.8 Å². The number of tetrazole rings is 1. The SMILES string of the molecule is C[C@H](NC(=O)COC(=O)[C@@H](Cc1ccccc1)n1cnnn1)c1cc2ccccc2o1. The fraction of sp³-hybridized carbons (Fsp3) is 0.227. The minimum absolute atomic E-state index is 0.335. The Morgan fingerprint density at radius 1 is 1.13 bits per heavy atom. The number of ether oxygens (including phenoxy) is 1. The number of amides is 1. The average molecular weight is 419 g/mol. The largest absolute Gasteiger partial charge is 0.459 e. The number of fused-ring (bicyclic) bond motifs is 1. The average Bonchev–Trinajstić information content (AvgIpc) is 3.46. The molecule has 0 saturated heterocycles. The van der Waals surface area contributed by atoms with Crippen LogP contribution in [0.2, 0.25) is 0 Å². The van der Waals surface area contributed by atoms with Crippen molar-refractivity contribution in [2.75, 3.05) is 6.61 Å². The molecule has 0 radical (unpaired) electrons. The summed E-state index contributed by atoms with van der Waals surface area (Å²) >= 11 is 0. The van der Waals surface area contributed by atoms with Crippen LogP contribution in [0.4, 0.5) is 0 Å². The summed E-state index contributed by atoms with van der Waals surface area (Å²) in [6.45, 7) is 1.38. The van der Waals surface area contributed by atoms with Crippen molar-refractivity contribution in [3.8, 4) is 0 Å². The van der Waals surface area contributed by atoms with Crippen molar-refractivity contribution in [1.82, 2.24) is 25.5 Å². The summed E-state index contributed by atoms with van der Waals surface area (Å²) in [5.74, 6) is -0.407. The first kappa shape index (κ1) is 20.3. The molecule has 1 amide bonds. The normalized spacial score (nSPS) is 12.9. The highest BCUT2D eigenvalue weighted by Gasteiger charge is 2.25. The number of furan rings is 1. The summed E-state index contributed by atoms with van der Waals surface area (Å²) in [6.07, 6.45) is 1.68. The van der Waals surface area contributed by atoms with Crippen LogP contribution < -0.4 is 5.32 Å². The second kappa shape index (κ2) is 9.21. The minimum Gasteiger partial charge on any atom is -0.459 e.